The largest absolute Gasteiger partial charge is 0.394 e. The van der Waals surface area contributed by atoms with E-state index in [0.29, 0.717) is 17.5 Å². The van der Waals surface area contributed by atoms with Gasteiger partial charge in [0.15, 0.2) is 0 Å². The first-order valence-corrected chi connectivity index (χ1v) is 11.1. The van der Waals surface area contributed by atoms with Gasteiger partial charge in [-0.15, -0.1) is 0 Å². The van der Waals surface area contributed by atoms with Gasteiger partial charge in [0.1, 0.15) is 12.3 Å². The molecule has 0 aliphatic carbocycles. The smallest absolute Gasteiger partial charge is 0.330 e. The molecule has 34 heavy (non-hydrogen) atoms. The Morgan fingerprint density at radius 2 is 1.82 bits per heavy atom. The number of rotatable bonds is 4. The van der Waals surface area contributed by atoms with Gasteiger partial charge in [0.05, 0.1) is 12.6 Å². The lowest BCUT2D eigenvalue weighted by molar-refractivity contribution is -0.0354. The van der Waals surface area contributed by atoms with E-state index in [9.17, 15) is 19.5 Å². The fraction of sp³-hybridized carbons (Fsp3) is 0.269. The number of nitrogens with zero attached hydrogens (tertiary/aromatic N) is 2. The summed E-state index contributed by atoms with van der Waals surface area (Å²) in [6, 6.07) is 17.3. The molecule has 8 nitrogen and oxygen atoms in total. The number of fused-ring (bicyclic) bond motifs is 2. The summed E-state index contributed by atoms with van der Waals surface area (Å²) in [6.45, 7) is 1.29. The Morgan fingerprint density at radius 3 is 2.56 bits per heavy atom. The molecule has 1 fully saturated rings. The summed E-state index contributed by atoms with van der Waals surface area (Å²) in [7, 11) is 1.68. The Labute approximate surface area is 195 Å². The average molecular weight is 460 g/mol. The molecule has 174 valence electrons. The van der Waals surface area contributed by atoms with Crippen molar-refractivity contribution in [1.82, 2.24) is 14.5 Å². The van der Waals surface area contributed by atoms with Gasteiger partial charge in [0, 0.05) is 30.8 Å². The van der Waals surface area contributed by atoms with Crippen molar-refractivity contribution in [2.24, 2.45) is 0 Å². The number of H-pyrrole nitrogens is 1. The van der Waals surface area contributed by atoms with E-state index in [4.69, 9.17) is 4.74 Å². The molecule has 2 N–H and O–H groups in total. The Hall–Kier alpha value is -3.75. The van der Waals surface area contributed by atoms with Crippen LogP contribution in [0.5, 0.6) is 0 Å². The van der Waals surface area contributed by atoms with Gasteiger partial charge in [-0.25, -0.2) is 4.79 Å². The highest BCUT2D eigenvalue weighted by Crippen LogP contribution is 2.32. The average Bonchev–Trinajstić information content (AvgIpc) is 3.28. The number of benzene rings is 3. The Kier molecular flexibility index (Phi) is 5.55. The zero-order chi connectivity index (χ0) is 24.0. The lowest BCUT2D eigenvalue weighted by Crippen LogP contribution is -2.43. The van der Waals surface area contributed by atoms with E-state index in [2.05, 4.69) is 11.1 Å². The molecule has 3 aromatic carbocycles. The van der Waals surface area contributed by atoms with E-state index in [-0.39, 0.29) is 12.5 Å². The number of aryl methyl sites for hydroxylation is 1. The summed E-state index contributed by atoms with van der Waals surface area (Å²) in [4.78, 5) is 41.6. The molecule has 0 unspecified atom stereocenters. The number of amides is 1. The number of ether oxygens (including phenoxy) is 1. The van der Waals surface area contributed by atoms with Crippen molar-refractivity contribution in [2.75, 3.05) is 13.7 Å². The summed E-state index contributed by atoms with van der Waals surface area (Å²) < 4.78 is 7.24. The molecule has 0 radical (unpaired) electrons. The standard InChI is InChI=1S/C26H25N3O5/c1-15-13-29(26(33)27-24(15)31)23-12-21(22(14-30)34-23)28(2)25(32)19-9-5-8-18-10-16-6-3-4-7-17(16)11-20(18)19/h3-11,13,21-23,30H,12,14H2,1-2H3,(H,27,31,33)/t21-,22+,23+/m0/s1. The van der Waals surface area contributed by atoms with Crippen molar-refractivity contribution in [3.8, 4) is 0 Å². The van der Waals surface area contributed by atoms with Gasteiger partial charge < -0.3 is 14.7 Å². The van der Waals surface area contributed by atoms with Crippen LogP contribution in [0.2, 0.25) is 0 Å². The van der Waals surface area contributed by atoms with Crippen LogP contribution >= 0.6 is 0 Å². The molecule has 1 aromatic heterocycles. The summed E-state index contributed by atoms with van der Waals surface area (Å²) in [5.74, 6) is -0.196. The molecule has 2 heterocycles. The third kappa shape index (κ3) is 3.70. The van der Waals surface area contributed by atoms with Gasteiger partial charge in [-0.05, 0) is 46.7 Å². The minimum Gasteiger partial charge on any atom is -0.394 e. The molecular weight excluding hydrogens is 434 g/mol. The normalized spacial score (nSPS) is 20.1. The maximum absolute atomic E-state index is 13.6. The van der Waals surface area contributed by atoms with Crippen LogP contribution < -0.4 is 11.2 Å². The minimum atomic E-state index is -0.711. The number of nitrogens with one attached hydrogen (secondary N) is 1. The molecule has 4 aromatic rings. The van der Waals surface area contributed by atoms with E-state index in [1.54, 1.807) is 24.9 Å². The molecule has 8 heteroatoms. The molecular formula is C26H25N3O5. The second-order valence-corrected chi connectivity index (χ2v) is 8.74. The second kappa shape index (κ2) is 8.55. The zero-order valence-corrected chi connectivity index (χ0v) is 18.9. The van der Waals surface area contributed by atoms with Crippen LogP contribution in [0.3, 0.4) is 0 Å². The van der Waals surface area contributed by atoms with Crippen LogP contribution in [0.4, 0.5) is 0 Å². The van der Waals surface area contributed by atoms with Crippen LogP contribution in [-0.2, 0) is 4.74 Å². The van der Waals surface area contributed by atoms with Crippen molar-refractivity contribution in [1.29, 1.82) is 0 Å². The Bertz CT molecular complexity index is 1520. The highest BCUT2D eigenvalue weighted by atomic mass is 16.5. The predicted molar refractivity (Wildman–Crippen MR) is 129 cm³/mol. The number of aromatic amines is 1. The lowest BCUT2D eigenvalue weighted by atomic mass is 9.98. The molecule has 0 saturated carbocycles. The van der Waals surface area contributed by atoms with E-state index in [1.165, 1.54) is 10.8 Å². The summed E-state index contributed by atoms with van der Waals surface area (Å²) >= 11 is 0. The molecule has 1 amide bonds. The van der Waals surface area contributed by atoms with Gasteiger partial charge in [-0.3, -0.25) is 19.1 Å². The first-order chi connectivity index (χ1) is 16.4. The van der Waals surface area contributed by atoms with Crippen LogP contribution in [0.1, 0.15) is 28.6 Å². The predicted octanol–water partition coefficient (Wildman–Crippen LogP) is 2.57. The van der Waals surface area contributed by atoms with Gasteiger partial charge in [-0.2, -0.15) is 0 Å². The number of likely N-dealkylation sites (N-methyl/N-ethyl adjacent to an activating group) is 1. The monoisotopic (exact) mass is 459 g/mol. The molecule has 1 saturated heterocycles. The van der Waals surface area contributed by atoms with Crippen molar-refractivity contribution in [2.45, 2.75) is 31.7 Å². The first kappa shape index (κ1) is 22.1. The summed E-state index contributed by atoms with van der Waals surface area (Å²) in [5.41, 5.74) is -0.110. The van der Waals surface area contributed by atoms with Crippen LogP contribution in [0, 0.1) is 6.92 Å². The topological polar surface area (TPSA) is 105 Å². The maximum Gasteiger partial charge on any atom is 0.330 e. The third-order valence-electron chi connectivity index (χ3n) is 6.64. The van der Waals surface area contributed by atoms with Gasteiger partial charge in [-0.1, -0.05) is 36.4 Å². The number of hydrogen-bond donors (Lipinski definition) is 2. The van der Waals surface area contributed by atoms with E-state index in [1.807, 2.05) is 42.5 Å². The van der Waals surface area contributed by atoms with Crippen LogP contribution in [-0.4, -0.2) is 51.3 Å². The summed E-state index contributed by atoms with van der Waals surface area (Å²) in [6.07, 6.45) is 0.359. The molecule has 0 bridgehead atoms. The Balaban J connectivity index is 1.49. The number of carbonyl (C=O) groups excluding carboxylic acids is 1. The zero-order valence-electron chi connectivity index (χ0n) is 18.9. The first-order valence-electron chi connectivity index (χ1n) is 11.1. The van der Waals surface area contributed by atoms with Crippen LogP contribution in [0.25, 0.3) is 21.5 Å². The summed E-state index contributed by atoms with van der Waals surface area (Å²) in [5, 5.41) is 13.9. The number of aliphatic hydroxyl groups excluding tert-OH is 1. The van der Waals surface area contributed by atoms with Gasteiger partial charge >= 0.3 is 5.69 Å². The molecule has 0 spiro atoms. The van der Waals surface area contributed by atoms with Crippen molar-refractivity contribution < 1.29 is 14.6 Å². The molecule has 1 aliphatic heterocycles. The highest BCUT2D eigenvalue weighted by molar-refractivity contribution is 6.10. The number of carbonyl (C=O) groups is 1. The van der Waals surface area contributed by atoms with Crippen molar-refractivity contribution >= 4 is 27.5 Å². The molecule has 1 aliphatic rings. The van der Waals surface area contributed by atoms with Crippen LogP contribution in [0.15, 0.2) is 70.4 Å². The van der Waals surface area contributed by atoms with Crippen molar-refractivity contribution in [3.63, 3.8) is 0 Å². The number of hydrogen-bond acceptors (Lipinski definition) is 5. The van der Waals surface area contributed by atoms with E-state index in [0.717, 1.165) is 21.5 Å². The van der Waals surface area contributed by atoms with E-state index >= 15 is 0 Å². The number of aliphatic hydroxyl groups is 1. The third-order valence-corrected chi connectivity index (χ3v) is 6.64. The van der Waals surface area contributed by atoms with Crippen molar-refractivity contribution in [3.05, 3.63) is 92.8 Å². The van der Waals surface area contributed by atoms with Gasteiger partial charge in [0.25, 0.3) is 11.5 Å². The quantitative estimate of drug-likeness (QED) is 0.457. The molecule has 5 rings (SSSR count). The Morgan fingerprint density at radius 1 is 1.12 bits per heavy atom. The fourth-order valence-electron chi connectivity index (χ4n) is 4.75. The highest BCUT2D eigenvalue weighted by Gasteiger charge is 2.40. The number of aromatic nitrogens is 2. The SMILES string of the molecule is Cc1cn([C@H]2C[C@H](N(C)C(=O)c3cccc4cc5ccccc5cc34)[C@@H](CO)O2)c(=O)[nH]c1=O. The minimum absolute atomic E-state index is 0.196. The molecule has 3 atom stereocenters. The lowest BCUT2D eigenvalue weighted by Gasteiger charge is -2.28. The second-order valence-electron chi connectivity index (χ2n) is 8.74. The van der Waals surface area contributed by atoms with E-state index < -0.39 is 29.6 Å². The van der Waals surface area contributed by atoms with Gasteiger partial charge in [0.2, 0.25) is 0 Å². The fourth-order valence-corrected chi connectivity index (χ4v) is 4.75. The maximum atomic E-state index is 13.6.